The number of benzene rings is 1. The van der Waals surface area contributed by atoms with E-state index in [0.29, 0.717) is 30.6 Å². The van der Waals surface area contributed by atoms with Crippen LogP contribution in [0.3, 0.4) is 0 Å². The molecular formula is C15H18N4O2. The number of nitrogens with one attached hydrogen (secondary N) is 2. The van der Waals surface area contributed by atoms with Crippen molar-refractivity contribution in [3.63, 3.8) is 0 Å². The van der Waals surface area contributed by atoms with Gasteiger partial charge in [0.15, 0.2) is 0 Å². The molecule has 0 aliphatic carbocycles. The summed E-state index contributed by atoms with van der Waals surface area (Å²) in [5, 5.41) is 3.80. The normalized spacial score (nSPS) is 19.0. The number of nitrogens with two attached hydrogens (primary N) is 1. The molecule has 2 heterocycles. The molecule has 3 rings (SSSR count). The second-order valence-corrected chi connectivity index (χ2v) is 5.49. The lowest BCUT2D eigenvalue weighted by atomic mass is 10.0. The first kappa shape index (κ1) is 13.5. The van der Waals surface area contributed by atoms with E-state index in [2.05, 4.69) is 10.3 Å². The standard InChI is InChI=1S/C15H18N4O2/c1-19-8-10(3-5-14(19)20)18-15(21)12-7-17-13-4-2-9(16)6-11(12)13/h2,4,6-7,10,17H,3,5,8,16H2,1H3,(H,18,21). The van der Waals surface area contributed by atoms with Crippen LogP contribution in [0.5, 0.6) is 0 Å². The van der Waals surface area contributed by atoms with E-state index in [4.69, 9.17) is 5.73 Å². The number of nitrogens with zero attached hydrogens (tertiary/aromatic N) is 1. The van der Waals surface area contributed by atoms with Crippen molar-refractivity contribution >= 4 is 28.4 Å². The Morgan fingerprint density at radius 3 is 3.05 bits per heavy atom. The van der Waals surface area contributed by atoms with Gasteiger partial charge in [-0.05, 0) is 24.6 Å². The molecule has 0 spiro atoms. The van der Waals surface area contributed by atoms with Crippen LogP contribution in [-0.2, 0) is 4.79 Å². The van der Waals surface area contributed by atoms with E-state index in [1.807, 2.05) is 6.07 Å². The van der Waals surface area contributed by atoms with Gasteiger partial charge in [0.05, 0.1) is 5.56 Å². The van der Waals surface area contributed by atoms with Crippen molar-refractivity contribution in [1.29, 1.82) is 0 Å². The number of aromatic amines is 1. The first-order chi connectivity index (χ1) is 10.0. The molecule has 1 atom stereocenters. The molecule has 2 amide bonds. The van der Waals surface area contributed by atoms with Crippen molar-refractivity contribution in [3.8, 4) is 0 Å². The molecule has 1 saturated heterocycles. The molecule has 1 aromatic carbocycles. The highest BCUT2D eigenvalue weighted by Crippen LogP contribution is 2.21. The van der Waals surface area contributed by atoms with Gasteiger partial charge in [0.1, 0.15) is 0 Å². The molecule has 0 bridgehead atoms. The molecule has 6 heteroatoms. The van der Waals surface area contributed by atoms with E-state index in [9.17, 15) is 9.59 Å². The lowest BCUT2D eigenvalue weighted by Crippen LogP contribution is -2.48. The monoisotopic (exact) mass is 286 g/mol. The smallest absolute Gasteiger partial charge is 0.253 e. The number of piperidine rings is 1. The number of rotatable bonds is 2. The Kier molecular flexibility index (Phi) is 3.29. The van der Waals surface area contributed by atoms with Crippen LogP contribution in [0.2, 0.25) is 0 Å². The quantitative estimate of drug-likeness (QED) is 0.722. The molecule has 1 unspecified atom stereocenters. The molecule has 6 nitrogen and oxygen atoms in total. The van der Waals surface area contributed by atoms with Crippen molar-refractivity contribution < 1.29 is 9.59 Å². The molecule has 0 radical (unpaired) electrons. The number of anilines is 1. The summed E-state index contributed by atoms with van der Waals surface area (Å²) < 4.78 is 0. The minimum Gasteiger partial charge on any atom is -0.399 e. The van der Waals surface area contributed by atoms with Gasteiger partial charge in [-0.15, -0.1) is 0 Å². The van der Waals surface area contributed by atoms with Crippen molar-refractivity contribution in [2.24, 2.45) is 0 Å². The van der Waals surface area contributed by atoms with E-state index in [0.717, 1.165) is 10.9 Å². The summed E-state index contributed by atoms with van der Waals surface area (Å²) in [7, 11) is 1.76. The second-order valence-electron chi connectivity index (χ2n) is 5.49. The number of carbonyl (C=O) groups excluding carboxylic acids is 2. The molecule has 0 saturated carbocycles. The van der Waals surface area contributed by atoms with Gasteiger partial charge in [0, 0.05) is 48.8 Å². The number of H-pyrrole nitrogens is 1. The fraction of sp³-hybridized carbons (Fsp3) is 0.333. The summed E-state index contributed by atoms with van der Waals surface area (Å²) in [6.07, 6.45) is 2.85. The van der Waals surface area contributed by atoms with Gasteiger partial charge in [-0.1, -0.05) is 0 Å². The Balaban J connectivity index is 1.78. The zero-order chi connectivity index (χ0) is 15.0. The number of hydrogen-bond donors (Lipinski definition) is 3. The van der Waals surface area contributed by atoms with Crippen LogP contribution in [0.1, 0.15) is 23.2 Å². The predicted octanol–water partition coefficient (Wildman–Crippen LogP) is 1.10. The highest BCUT2D eigenvalue weighted by Gasteiger charge is 2.25. The Hall–Kier alpha value is -2.50. The molecule has 2 aromatic rings. The molecule has 1 fully saturated rings. The van der Waals surface area contributed by atoms with Gasteiger partial charge in [-0.3, -0.25) is 9.59 Å². The maximum Gasteiger partial charge on any atom is 0.253 e. The summed E-state index contributed by atoms with van der Waals surface area (Å²) in [6.45, 7) is 0.551. The fourth-order valence-electron chi connectivity index (χ4n) is 2.72. The van der Waals surface area contributed by atoms with Crippen LogP contribution in [0.4, 0.5) is 5.69 Å². The van der Waals surface area contributed by atoms with Gasteiger partial charge in [0.25, 0.3) is 5.91 Å². The van der Waals surface area contributed by atoms with Crippen LogP contribution in [0, 0.1) is 0 Å². The highest BCUT2D eigenvalue weighted by atomic mass is 16.2. The van der Waals surface area contributed by atoms with E-state index in [1.165, 1.54) is 0 Å². The number of amides is 2. The van der Waals surface area contributed by atoms with Gasteiger partial charge >= 0.3 is 0 Å². The lowest BCUT2D eigenvalue weighted by molar-refractivity contribution is -0.132. The molecule has 110 valence electrons. The van der Waals surface area contributed by atoms with Gasteiger partial charge in [-0.25, -0.2) is 0 Å². The summed E-state index contributed by atoms with van der Waals surface area (Å²) >= 11 is 0. The Labute approximate surface area is 122 Å². The summed E-state index contributed by atoms with van der Waals surface area (Å²) in [5.41, 5.74) is 7.86. The number of carbonyl (C=O) groups is 2. The second kappa shape index (κ2) is 5.12. The first-order valence-electron chi connectivity index (χ1n) is 6.96. The van der Waals surface area contributed by atoms with Gasteiger partial charge in [-0.2, -0.15) is 0 Å². The third-order valence-corrected chi connectivity index (χ3v) is 3.91. The highest BCUT2D eigenvalue weighted by molar-refractivity contribution is 6.07. The van der Waals surface area contributed by atoms with E-state index >= 15 is 0 Å². The van der Waals surface area contributed by atoms with Crippen LogP contribution >= 0.6 is 0 Å². The minimum atomic E-state index is -0.139. The van der Waals surface area contributed by atoms with Crippen LogP contribution in [-0.4, -0.2) is 41.3 Å². The van der Waals surface area contributed by atoms with Crippen molar-refractivity contribution in [2.75, 3.05) is 19.3 Å². The zero-order valence-corrected chi connectivity index (χ0v) is 11.8. The van der Waals surface area contributed by atoms with Crippen molar-refractivity contribution in [1.82, 2.24) is 15.2 Å². The zero-order valence-electron chi connectivity index (χ0n) is 11.8. The molecular weight excluding hydrogens is 268 g/mol. The van der Waals surface area contributed by atoms with Crippen molar-refractivity contribution in [3.05, 3.63) is 30.0 Å². The minimum absolute atomic E-state index is 0.00814. The summed E-state index contributed by atoms with van der Waals surface area (Å²) in [5.74, 6) is -0.0139. The van der Waals surface area contributed by atoms with Gasteiger partial charge in [0.2, 0.25) is 5.91 Å². The van der Waals surface area contributed by atoms with Crippen LogP contribution in [0.15, 0.2) is 24.4 Å². The largest absolute Gasteiger partial charge is 0.399 e. The molecule has 1 aliphatic rings. The third kappa shape index (κ3) is 2.56. The number of fused-ring (bicyclic) bond motifs is 1. The van der Waals surface area contributed by atoms with Gasteiger partial charge < -0.3 is 20.9 Å². The average molecular weight is 286 g/mol. The molecule has 21 heavy (non-hydrogen) atoms. The van der Waals surface area contributed by atoms with E-state index in [-0.39, 0.29) is 17.9 Å². The third-order valence-electron chi connectivity index (χ3n) is 3.91. The summed E-state index contributed by atoms with van der Waals surface area (Å²) in [4.78, 5) is 28.6. The van der Waals surface area contributed by atoms with Crippen LogP contribution < -0.4 is 11.1 Å². The first-order valence-corrected chi connectivity index (χ1v) is 6.96. The van der Waals surface area contributed by atoms with Crippen molar-refractivity contribution in [2.45, 2.75) is 18.9 Å². The van der Waals surface area contributed by atoms with E-state index < -0.39 is 0 Å². The average Bonchev–Trinajstić information content (AvgIpc) is 2.86. The predicted molar refractivity (Wildman–Crippen MR) is 80.8 cm³/mol. The number of likely N-dealkylation sites (tertiary alicyclic amines) is 1. The molecule has 4 N–H and O–H groups in total. The Morgan fingerprint density at radius 1 is 1.48 bits per heavy atom. The molecule has 1 aromatic heterocycles. The number of aromatic nitrogens is 1. The Bertz CT molecular complexity index is 707. The fourth-order valence-corrected chi connectivity index (χ4v) is 2.72. The number of nitrogen functional groups attached to an aromatic ring is 1. The maximum absolute atomic E-state index is 12.4. The number of hydrogen-bond acceptors (Lipinski definition) is 3. The lowest BCUT2D eigenvalue weighted by Gasteiger charge is -2.30. The summed E-state index contributed by atoms with van der Waals surface area (Å²) in [6, 6.07) is 5.43. The van der Waals surface area contributed by atoms with Crippen LogP contribution in [0.25, 0.3) is 10.9 Å². The SMILES string of the molecule is CN1CC(NC(=O)c2c[nH]c3ccc(N)cc23)CCC1=O. The molecule has 1 aliphatic heterocycles. The maximum atomic E-state index is 12.4. The van der Waals surface area contributed by atoms with E-state index in [1.54, 1.807) is 30.3 Å². The Morgan fingerprint density at radius 2 is 2.29 bits per heavy atom. The number of likely N-dealkylation sites (N-methyl/N-ethyl adjacent to an activating group) is 1. The topological polar surface area (TPSA) is 91.2 Å².